The Morgan fingerprint density at radius 3 is 2.32 bits per heavy atom. The molecule has 10 nitrogen and oxygen atoms in total. The number of rotatable bonds is 22. The van der Waals surface area contributed by atoms with Crippen LogP contribution in [0.3, 0.4) is 0 Å². The van der Waals surface area contributed by atoms with E-state index in [-0.39, 0.29) is 36.3 Å². The molecule has 324 valence electrons. The predicted molar refractivity (Wildman–Crippen MR) is 227 cm³/mol. The van der Waals surface area contributed by atoms with Crippen molar-refractivity contribution in [2.45, 2.75) is 200 Å². The largest absolute Gasteiger partial charge is 0.461 e. The van der Waals surface area contributed by atoms with Crippen molar-refractivity contribution in [2.24, 2.45) is 23.7 Å². The second-order valence-electron chi connectivity index (χ2n) is 18.0. The van der Waals surface area contributed by atoms with Crippen LogP contribution in [0.25, 0.3) is 0 Å². The number of Topliss-reactive ketones (excluding diaryl/α,β-unsaturated/α-hetero) is 1. The van der Waals surface area contributed by atoms with Crippen molar-refractivity contribution in [1.29, 1.82) is 5.41 Å². The van der Waals surface area contributed by atoms with Gasteiger partial charge in [-0.2, -0.15) is 0 Å². The van der Waals surface area contributed by atoms with Crippen molar-refractivity contribution < 1.29 is 38.8 Å². The SMILES string of the molecule is C/C=C/C=C(\C)[C@H](CC1CCCC(C(=O)C(=O)N2CCCC[C@H]2C(=O)O[C@H](CCC2CCC(O)CC2)CC[C@H](C)/C=C(\C)[C@@H](O)CC(=N)[C@H](C)CC(C)C)O1)OC. The molecule has 1 aliphatic carbocycles. The fourth-order valence-corrected chi connectivity index (χ4v) is 8.90. The van der Waals surface area contributed by atoms with E-state index in [1.807, 2.05) is 39.0 Å². The normalized spacial score (nSPS) is 26.5. The maximum absolute atomic E-state index is 14.0. The number of carbonyl (C=O) groups is 3. The molecule has 0 aromatic heterocycles. The summed E-state index contributed by atoms with van der Waals surface area (Å²) in [5, 5.41) is 29.5. The number of aliphatic hydroxyl groups excluding tert-OH is 2. The average molecular weight is 799 g/mol. The number of ketones is 1. The van der Waals surface area contributed by atoms with E-state index in [0.717, 1.165) is 75.4 Å². The molecule has 3 aliphatic rings. The summed E-state index contributed by atoms with van der Waals surface area (Å²) < 4.78 is 18.3. The van der Waals surface area contributed by atoms with Crippen molar-refractivity contribution >= 4 is 23.4 Å². The van der Waals surface area contributed by atoms with Crippen LogP contribution >= 0.6 is 0 Å². The van der Waals surface area contributed by atoms with Gasteiger partial charge in [0.15, 0.2) is 0 Å². The van der Waals surface area contributed by atoms with Gasteiger partial charge in [0.05, 0.1) is 24.4 Å². The first-order valence-corrected chi connectivity index (χ1v) is 22.3. The number of likely N-dealkylation sites (tertiary alicyclic amines) is 1. The first-order chi connectivity index (χ1) is 27.1. The van der Waals surface area contributed by atoms with E-state index in [1.165, 1.54) is 4.90 Å². The lowest BCUT2D eigenvalue weighted by atomic mass is 9.83. The van der Waals surface area contributed by atoms with Gasteiger partial charge in [-0.25, -0.2) is 4.79 Å². The van der Waals surface area contributed by atoms with Crippen LogP contribution < -0.4 is 0 Å². The van der Waals surface area contributed by atoms with E-state index in [0.29, 0.717) is 69.0 Å². The maximum atomic E-state index is 14.0. The smallest absolute Gasteiger partial charge is 0.329 e. The number of nitrogens with one attached hydrogen (secondary N) is 1. The molecule has 3 fully saturated rings. The second kappa shape index (κ2) is 25.1. The van der Waals surface area contributed by atoms with E-state index in [4.69, 9.17) is 19.6 Å². The quantitative estimate of drug-likeness (QED) is 0.0324. The highest BCUT2D eigenvalue weighted by Crippen LogP contribution is 2.31. The van der Waals surface area contributed by atoms with Gasteiger partial charge >= 0.3 is 5.97 Å². The molecule has 0 bridgehead atoms. The minimum absolute atomic E-state index is 0.116. The topological polar surface area (TPSA) is 146 Å². The molecule has 1 amide bonds. The number of aliphatic hydroxyl groups is 2. The zero-order chi connectivity index (χ0) is 42.1. The molecule has 1 saturated carbocycles. The van der Waals surface area contributed by atoms with E-state index < -0.39 is 35.9 Å². The molecule has 57 heavy (non-hydrogen) atoms. The first-order valence-electron chi connectivity index (χ1n) is 22.3. The zero-order valence-corrected chi connectivity index (χ0v) is 36.7. The number of allylic oxidation sites excluding steroid dienone is 4. The van der Waals surface area contributed by atoms with Crippen molar-refractivity contribution in [3.05, 3.63) is 35.5 Å². The van der Waals surface area contributed by atoms with Crippen molar-refractivity contribution in [2.75, 3.05) is 13.7 Å². The summed E-state index contributed by atoms with van der Waals surface area (Å²) in [6, 6.07) is -0.817. The third-order valence-corrected chi connectivity index (χ3v) is 12.6. The van der Waals surface area contributed by atoms with Gasteiger partial charge < -0.3 is 34.7 Å². The van der Waals surface area contributed by atoms with E-state index >= 15 is 0 Å². The number of ether oxygens (including phenoxy) is 3. The van der Waals surface area contributed by atoms with Gasteiger partial charge in [0.2, 0.25) is 5.78 Å². The highest BCUT2D eigenvalue weighted by molar-refractivity contribution is 6.38. The van der Waals surface area contributed by atoms with Crippen LogP contribution in [-0.4, -0.2) is 94.8 Å². The van der Waals surface area contributed by atoms with Gasteiger partial charge in [-0.3, -0.25) is 9.59 Å². The molecule has 2 heterocycles. The monoisotopic (exact) mass is 799 g/mol. The van der Waals surface area contributed by atoms with Crippen molar-refractivity contribution in [3.63, 3.8) is 0 Å². The third-order valence-electron chi connectivity index (χ3n) is 12.6. The Kier molecular flexibility index (Phi) is 21.4. The minimum Gasteiger partial charge on any atom is -0.461 e. The number of piperidine rings is 1. The Bertz CT molecular complexity index is 1360. The van der Waals surface area contributed by atoms with Crippen LogP contribution in [0.1, 0.15) is 158 Å². The highest BCUT2D eigenvalue weighted by atomic mass is 16.5. The summed E-state index contributed by atoms with van der Waals surface area (Å²) in [6.07, 6.45) is 17.8. The standard InChI is InChI=1S/C47H78N2O8/c1-9-10-14-33(5)44(55-8)29-39-15-13-17-43(56-39)45(52)46(53)49-26-12-11-16-41(49)47(54)57-38(25-21-36-19-22-37(50)23-20-36)24-18-32(4)28-35(7)42(51)30-40(48)34(6)27-31(2)3/h9-10,14,28,31-32,34,36-39,41-44,48,50-51H,11-13,15-27,29-30H2,1-8H3/b10-9+,33-14+,35-28+,48-40?/t32-,34+,36?,37?,38-,39?,41-,42-,43?,44-/m0/s1. The predicted octanol–water partition coefficient (Wildman–Crippen LogP) is 8.86. The molecule has 2 aliphatic heterocycles. The number of hydrogen-bond acceptors (Lipinski definition) is 9. The first kappa shape index (κ1) is 48.7. The molecule has 3 N–H and O–H groups in total. The number of carbonyl (C=O) groups excluding carboxylic acids is 3. The van der Waals surface area contributed by atoms with Gasteiger partial charge in [0, 0.05) is 32.2 Å². The van der Waals surface area contributed by atoms with Crippen molar-refractivity contribution in [1.82, 2.24) is 4.90 Å². The Morgan fingerprint density at radius 2 is 1.65 bits per heavy atom. The van der Waals surface area contributed by atoms with E-state index in [9.17, 15) is 24.6 Å². The molecular formula is C47H78N2O8. The van der Waals surface area contributed by atoms with Gasteiger partial charge in [0.1, 0.15) is 18.2 Å². The molecular weight excluding hydrogens is 721 g/mol. The number of esters is 1. The average Bonchev–Trinajstić information content (AvgIpc) is 3.19. The highest BCUT2D eigenvalue weighted by Gasteiger charge is 2.41. The molecule has 0 radical (unpaired) electrons. The molecule has 0 aromatic carbocycles. The van der Waals surface area contributed by atoms with Gasteiger partial charge in [0.25, 0.3) is 5.91 Å². The number of amides is 1. The lowest BCUT2D eigenvalue weighted by molar-refractivity contribution is -0.167. The molecule has 2 saturated heterocycles. The summed E-state index contributed by atoms with van der Waals surface area (Å²) in [5.41, 5.74) is 2.49. The number of methoxy groups -OCH3 is 1. The Labute approximate surface area is 344 Å². The van der Waals surface area contributed by atoms with E-state index in [1.54, 1.807) is 7.11 Å². The summed E-state index contributed by atoms with van der Waals surface area (Å²) in [6.45, 7) is 14.7. The van der Waals surface area contributed by atoms with Gasteiger partial charge in [-0.15, -0.1) is 0 Å². The summed E-state index contributed by atoms with van der Waals surface area (Å²) in [5.74, 6) is -0.485. The summed E-state index contributed by atoms with van der Waals surface area (Å²) in [4.78, 5) is 43.1. The lowest BCUT2D eigenvalue weighted by Gasteiger charge is -2.36. The zero-order valence-electron chi connectivity index (χ0n) is 36.7. The molecule has 10 heteroatoms. The van der Waals surface area contributed by atoms with Gasteiger partial charge in [-0.05, 0) is 152 Å². The van der Waals surface area contributed by atoms with Gasteiger partial charge in [-0.1, -0.05) is 52.0 Å². The summed E-state index contributed by atoms with van der Waals surface area (Å²) >= 11 is 0. The Hall–Kier alpha value is -2.66. The molecule has 2 unspecified atom stereocenters. The van der Waals surface area contributed by atoms with Crippen LogP contribution in [0.5, 0.6) is 0 Å². The molecule has 3 rings (SSSR count). The lowest BCUT2D eigenvalue weighted by Crippen LogP contribution is -2.54. The number of nitrogens with zero attached hydrogens (tertiary/aromatic N) is 1. The maximum Gasteiger partial charge on any atom is 0.329 e. The minimum atomic E-state index is -0.848. The van der Waals surface area contributed by atoms with Crippen LogP contribution in [0, 0.1) is 29.1 Å². The van der Waals surface area contributed by atoms with Crippen LogP contribution in [-0.2, 0) is 28.6 Å². The molecule has 0 spiro atoms. The van der Waals surface area contributed by atoms with E-state index in [2.05, 4.69) is 33.8 Å². The van der Waals surface area contributed by atoms with Crippen LogP contribution in [0.15, 0.2) is 35.5 Å². The second-order valence-corrected chi connectivity index (χ2v) is 18.0. The molecule has 8 atom stereocenters. The Balaban J connectivity index is 1.66. The van der Waals surface area contributed by atoms with Crippen LogP contribution in [0.2, 0.25) is 0 Å². The third kappa shape index (κ3) is 16.5. The fourth-order valence-electron chi connectivity index (χ4n) is 8.90. The Morgan fingerprint density at radius 1 is 0.930 bits per heavy atom. The fraction of sp³-hybridized carbons (Fsp3) is 0.787. The molecule has 0 aromatic rings. The van der Waals surface area contributed by atoms with Crippen LogP contribution in [0.4, 0.5) is 0 Å². The van der Waals surface area contributed by atoms with Crippen molar-refractivity contribution in [3.8, 4) is 0 Å². The summed E-state index contributed by atoms with van der Waals surface area (Å²) in [7, 11) is 1.67. The number of hydrogen-bond donors (Lipinski definition) is 3.